The van der Waals surface area contributed by atoms with Gasteiger partial charge in [-0.15, -0.1) is 0 Å². The van der Waals surface area contributed by atoms with E-state index >= 15 is 0 Å². The minimum atomic E-state index is -6.13. The summed E-state index contributed by atoms with van der Waals surface area (Å²) < 4.78 is 342. The summed E-state index contributed by atoms with van der Waals surface area (Å²) in [6, 6.07) is 0.419. The Bertz CT molecular complexity index is 2640. The van der Waals surface area contributed by atoms with Gasteiger partial charge in [0.15, 0.2) is 6.20 Å². The number of ketones is 1. The highest BCUT2D eigenvalue weighted by atomic mass is 80.0. The minimum Gasteiger partial charge on any atom is -0.287 e. The molecule has 0 saturated carbocycles. The molecule has 3 nitrogen and oxygen atoms in total. The third kappa shape index (κ3) is 14.4. The average molecular weight is 1310 g/mol. The Balaban J connectivity index is 0.000000468. The number of carbonyl (C=O) groups excluding carboxylic acids is 1. The number of benzene rings is 5. The number of halogens is 27. The summed E-state index contributed by atoms with van der Waals surface area (Å²) in [4.78, 5) is 16.3. The van der Waals surface area contributed by atoms with Gasteiger partial charge in [0, 0.05) is 5.56 Å². The summed E-state index contributed by atoms with van der Waals surface area (Å²) in [7, 11) is 0. The van der Waals surface area contributed by atoms with Crippen LogP contribution in [0.1, 0.15) is 60.6 Å². The minimum absolute atomic E-state index is 0.0507. The SMILES string of the molecule is FC(F)(F)c1cc([B-](c2cc(C(F)(F)F)cc(C(F)(F)F)c2)(c2cc(C(F)(F)F)cc(C(F)(F)F)c2)c2cc(C(F)(F)F)cc(C(F)(F)F)c2)cc(C(F)(F)F)c1.O=C(C[n+]1ccncc1C(Br)(Br)Br)c1ccccc1. The Hall–Kier alpha value is -5.33. The van der Waals surface area contributed by atoms with Crippen LogP contribution in [0.15, 0.2) is 122 Å². The molecule has 0 aliphatic carbocycles. The van der Waals surface area contributed by atoms with E-state index in [1.165, 1.54) is 0 Å². The van der Waals surface area contributed by atoms with Crippen LogP contribution in [0.5, 0.6) is 0 Å². The lowest BCUT2D eigenvalue weighted by molar-refractivity contribution is -0.690. The van der Waals surface area contributed by atoms with Crippen LogP contribution in [0.4, 0.5) is 105 Å². The van der Waals surface area contributed by atoms with Crippen molar-refractivity contribution < 1.29 is 115 Å². The standard InChI is InChI=1S/C32H12BF24.C13H10Br3N2O/c34-25(35,36)13-1-14(26(37,38)39)6-21(5-13)33(22-7-15(27(40,41)42)2-16(8-22)28(43,44)45,23-9-17(29(46,47)48)3-18(10-23)30(49,50)51)24-11-19(31(52,53)54)4-20(12-24)32(55,56)57;14-13(15,16)12-8-17-6-7-18(12)9-11(19)10-4-2-1-3-5-10/h1-12H;1-8H,9H2/q-1;+1. The van der Waals surface area contributed by atoms with Crippen molar-refractivity contribution in [3.63, 3.8) is 0 Å². The zero-order chi connectivity index (χ0) is 57.8. The first-order valence-electron chi connectivity index (χ1n) is 20.1. The van der Waals surface area contributed by atoms with Gasteiger partial charge in [-0.1, -0.05) is 78.9 Å². The largest absolute Gasteiger partial charge is 0.416 e. The molecule has 0 spiro atoms. The zero-order valence-electron chi connectivity index (χ0n) is 36.3. The maximum absolute atomic E-state index is 14.2. The van der Waals surface area contributed by atoms with Crippen LogP contribution in [0.25, 0.3) is 0 Å². The van der Waals surface area contributed by atoms with Crippen LogP contribution < -0.4 is 26.4 Å². The van der Waals surface area contributed by atoms with Gasteiger partial charge in [-0.25, -0.2) is 0 Å². The first-order valence-corrected chi connectivity index (χ1v) is 22.5. The summed E-state index contributed by atoms with van der Waals surface area (Å²) >= 11 is 10.3. The van der Waals surface area contributed by atoms with E-state index in [0.717, 1.165) is 5.69 Å². The third-order valence-electron chi connectivity index (χ3n) is 11.0. The van der Waals surface area contributed by atoms with Gasteiger partial charge < -0.3 is 0 Å². The van der Waals surface area contributed by atoms with Crippen LogP contribution in [0.2, 0.25) is 0 Å². The number of rotatable bonds is 7. The molecule has 0 radical (unpaired) electrons. The highest BCUT2D eigenvalue weighted by Crippen LogP contribution is 2.43. The van der Waals surface area contributed by atoms with E-state index in [2.05, 4.69) is 52.8 Å². The molecule has 0 bridgehead atoms. The van der Waals surface area contributed by atoms with Crippen LogP contribution in [0.3, 0.4) is 0 Å². The first-order chi connectivity index (χ1) is 34.2. The number of hydrogen-bond donors (Lipinski definition) is 0. The van der Waals surface area contributed by atoms with Gasteiger partial charge in [-0.2, -0.15) is 132 Å². The second-order valence-electron chi connectivity index (χ2n) is 16.1. The predicted molar refractivity (Wildman–Crippen MR) is 234 cm³/mol. The quantitative estimate of drug-likeness (QED) is 0.0525. The lowest BCUT2D eigenvalue weighted by Gasteiger charge is -2.46. The maximum Gasteiger partial charge on any atom is 0.416 e. The average Bonchev–Trinajstić information content (AvgIpc) is 3.27. The van der Waals surface area contributed by atoms with Crippen molar-refractivity contribution in [2.24, 2.45) is 0 Å². The number of hydrogen-bond acceptors (Lipinski definition) is 2. The van der Waals surface area contributed by atoms with Gasteiger partial charge >= 0.3 is 49.4 Å². The van der Waals surface area contributed by atoms with Crippen molar-refractivity contribution in [2.75, 3.05) is 0 Å². The van der Waals surface area contributed by atoms with Gasteiger partial charge in [0.05, 0.1) is 56.9 Å². The molecule has 76 heavy (non-hydrogen) atoms. The summed E-state index contributed by atoms with van der Waals surface area (Å²) in [5, 5.41) is 0. The van der Waals surface area contributed by atoms with Crippen molar-refractivity contribution in [3.8, 4) is 0 Å². The molecule has 0 N–H and O–H groups in total. The molecule has 6 aromatic rings. The van der Waals surface area contributed by atoms with E-state index in [1.54, 1.807) is 18.6 Å². The molecule has 0 unspecified atom stereocenters. The molecule has 6 rings (SSSR count). The molecular weight excluding hydrogens is 1290 g/mol. The van der Waals surface area contributed by atoms with Crippen molar-refractivity contribution in [1.82, 2.24) is 4.98 Å². The van der Waals surface area contributed by atoms with Gasteiger partial charge in [0.25, 0.3) is 0 Å². The number of aromatic nitrogens is 2. The molecule has 0 aliphatic rings. The van der Waals surface area contributed by atoms with Crippen LogP contribution in [-0.4, -0.2) is 16.9 Å². The summed E-state index contributed by atoms with van der Waals surface area (Å²) in [5.41, 5.74) is -28.7. The molecular formula is C45H22BBr3F24N2O. The van der Waals surface area contributed by atoms with E-state index in [0.29, 0.717) is 5.56 Å². The number of nitrogens with zero attached hydrogens (tertiary/aromatic N) is 2. The number of carbonyl (C=O) groups is 1. The van der Waals surface area contributed by atoms with Crippen LogP contribution >= 0.6 is 47.8 Å². The molecule has 0 fully saturated rings. The molecule has 1 aromatic heterocycles. The highest BCUT2D eigenvalue weighted by molar-refractivity contribution is 9.38. The molecule has 0 saturated heterocycles. The maximum atomic E-state index is 14.2. The Morgan fingerprint density at radius 3 is 0.882 bits per heavy atom. The number of Topliss-reactive ketones (excluding diaryl/α,β-unsaturated/α-hetero) is 1. The van der Waals surface area contributed by atoms with Gasteiger partial charge in [0.1, 0.15) is 6.15 Å². The van der Waals surface area contributed by atoms with E-state index in [-0.39, 0.29) is 12.3 Å². The predicted octanol–water partition coefficient (Wildman–Crippen LogP) is 14.8. The Kier molecular flexibility index (Phi) is 17.1. The topological polar surface area (TPSA) is 33.8 Å². The lowest BCUT2D eigenvalue weighted by atomic mass is 9.12. The fourth-order valence-electron chi connectivity index (χ4n) is 7.70. The zero-order valence-corrected chi connectivity index (χ0v) is 41.1. The molecule has 0 aliphatic heterocycles. The van der Waals surface area contributed by atoms with Gasteiger partial charge in [-0.05, 0) is 72.1 Å². The molecule has 31 heteroatoms. The first kappa shape index (κ1) is 61.5. The molecule has 1 heterocycles. The summed E-state index contributed by atoms with van der Waals surface area (Å²) in [5.74, 6) is 0.0507. The van der Waals surface area contributed by atoms with E-state index in [9.17, 15) is 110 Å². The van der Waals surface area contributed by atoms with Crippen molar-refractivity contribution in [3.05, 3.63) is 177 Å². The molecule has 0 atom stereocenters. The van der Waals surface area contributed by atoms with Crippen molar-refractivity contribution in [1.29, 1.82) is 0 Å². The third-order valence-corrected chi connectivity index (χ3v) is 12.2. The van der Waals surface area contributed by atoms with Gasteiger partial charge in [-0.3, -0.25) is 9.78 Å². The van der Waals surface area contributed by atoms with E-state index in [1.807, 2.05) is 34.9 Å². The molecule has 0 amide bonds. The summed E-state index contributed by atoms with van der Waals surface area (Å²) in [6.07, 6.45) is -49.7. The fourth-order valence-corrected chi connectivity index (χ4v) is 8.69. The molecule has 5 aromatic carbocycles. The van der Waals surface area contributed by atoms with Crippen molar-refractivity contribution >= 4 is 81.6 Å². The normalized spacial score (nSPS) is 13.6. The van der Waals surface area contributed by atoms with Gasteiger partial charge in [0.2, 0.25) is 20.2 Å². The highest BCUT2D eigenvalue weighted by Gasteiger charge is 2.47. The van der Waals surface area contributed by atoms with E-state index < -0.39 is 197 Å². The van der Waals surface area contributed by atoms with Crippen molar-refractivity contribution in [2.45, 2.75) is 58.1 Å². The second-order valence-corrected chi connectivity index (χ2v) is 22.9. The van der Waals surface area contributed by atoms with Crippen LogP contribution in [0, 0.1) is 0 Å². The lowest BCUT2D eigenvalue weighted by Crippen LogP contribution is -2.75. The van der Waals surface area contributed by atoms with Crippen LogP contribution in [-0.2, 0) is 58.1 Å². The van der Waals surface area contributed by atoms with E-state index in [4.69, 9.17) is 0 Å². The fraction of sp³-hybridized carbons (Fsp3) is 0.222. The smallest absolute Gasteiger partial charge is 0.287 e. The monoisotopic (exact) mass is 1310 g/mol. The second kappa shape index (κ2) is 21.1. The Morgan fingerprint density at radius 2 is 0.658 bits per heavy atom. The Labute approximate surface area is 435 Å². The Morgan fingerprint density at radius 1 is 0.408 bits per heavy atom. The number of alkyl halides is 27. The summed E-state index contributed by atoms with van der Waals surface area (Å²) in [6.45, 7) is 0.256. The molecule has 410 valence electrons.